The number of nitrogens with zero attached hydrogens (tertiary/aromatic N) is 2. The minimum Gasteiger partial charge on any atom is -0.507 e. The van der Waals surface area contributed by atoms with Crippen molar-refractivity contribution >= 4 is 0 Å². The Hall–Kier alpha value is -1.81. The van der Waals surface area contributed by atoms with Crippen molar-refractivity contribution in [1.29, 1.82) is 0 Å². The molecule has 0 bridgehead atoms. The second-order valence-corrected chi connectivity index (χ2v) is 4.32. The van der Waals surface area contributed by atoms with Gasteiger partial charge >= 0.3 is 0 Å². The quantitative estimate of drug-likeness (QED) is 0.850. The normalized spacial score (nSPS) is 10.8. The number of phenols is 1. The van der Waals surface area contributed by atoms with E-state index in [0.29, 0.717) is 6.42 Å². The van der Waals surface area contributed by atoms with E-state index in [0.717, 1.165) is 29.7 Å². The van der Waals surface area contributed by atoms with Crippen LogP contribution in [0.2, 0.25) is 0 Å². The molecule has 0 unspecified atom stereocenters. The first-order valence-electron chi connectivity index (χ1n) is 6.20. The molecule has 0 aliphatic carbocycles. The van der Waals surface area contributed by atoms with E-state index in [2.05, 4.69) is 12.0 Å². The maximum Gasteiger partial charge on any atom is 0.123 e. The van der Waals surface area contributed by atoms with Gasteiger partial charge in [-0.3, -0.25) is 4.68 Å². The van der Waals surface area contributed by atoms with E-state index in [1.807, 2.05) is 23.0 Å². The summed E-state index contributed by atoms with van der Waals surface area (Å²) in [4.78, 5) is 0. The second kappa shape index (κ2) is 5.69. The average molecular weight is 246 g/mol. The fourth-order valence-electron chi connectivity index (χ4n) is 1.95. The van der Waals surface area contributed by atoms with Crippen LogP contribution in [0, 0.1) is 0 Å². The molecule has 0 aliphatic heterocycles. The lowest BCUT2D eigenvalue weighted by atomic mass is 10.0. The van der Waals surface area contributed by atoms with Gasteiger partial charge in [0, 0.05) is 30.5 Å². The first kappa shape index (κ1) is 12.6. The Balaban J connectivity index is 2.32. The number of hydrogen-bond donors (Lipinski definition) is 2. The number of aliphatic hydroxyl groups excluding tert-OH is 1. The highest BCUT2D eigenvalue weighted by Crippen LogP contribution is 2.29. The lowest BCUT2D eigenvalue weighted by molar-refractivity contribution is 0.299. The summed E-state index contributed by atoms with van der Waals surface area (Å²) in [5.74, 6) is 0.243. The van der Waals surface area contributed by atoms with Gasteiger partial charge in [-0.25, -0.2) is 0 Å². The van der Waals surface area contributed by atoms with E-state index in [9.17, 15) is 5.11 Å². The zero-order valence-electron chi connectivity index (χ0n) is 10.5. The van der Waals surface area contributed by atoms with Crippen LogP contribution in [0.3, 0.4) is 0 Å². The SMILES string of the molecule is CCCn1cc(-c2cc(CCO)ccc2O)cn1. The molecule has 0 radical (unpaired) electrons. The summed E-state index contributed by atoms with van der Waals surface area (Å²) >= 11 is 0. The standard InChI is InChI=1S/C14H18N2O2/c1-2-6-16-10-12(9-15-16)13-8-11(5-7-17)3-4-14(13)18/h3-4,8-10,17-18H,2,5-7H2,1H3. The lowest BCUT2D eigenvalue weighted by Gasteiger charge is -2.05. The molecule has 1 aromatic carbocycles. The van der Waals surface area contributed by atoms with Crippen LogP contribution in [0.15, 0.2) is 30.6 Å². The average Bonchev–Trinajstić information content (AvgIpc) is 2.81. The van der Waals surface area contributed by atoms with E-state index in [-0.39, 0.29) is 12.4 Å². The maximum atomic E-state index is 9.90. The molecule has 4 heteroatoms. The van der Waals surface area contributed by atoms with Gasteiger partial charge in [-0.1, -0.05) is 13.0 Å². The summed E-state index contributed by atoms with van der Waals surface area (Å²) < 4.78 is 1.87. The molecule has 96 valence electrons. The summed E-state index contributed by atoms with van der Waals surface area (Å²) in [5.41, 5.74) is 2.68. The maximum absolute atomic E-state index is 9.90. The van der Waals surface area contributed by atoms with E-state index < -0.39 is 0 Å². The summed E-state index contributed by atoms with van der Waals surface area (Å²) in [6.07, 6.45) is 5.31. The second-order valence-electron chi connectivity index (χ2n) is 4.32. The van der Waals surface area contributed by atoms with Crippen LogP contribution in [0.4, 0.5) is 0 Å². The summed E-state index contributed by atoms with van der Waals surface area (Å²) in [7, 11) is 0. The van der Waals surface area contributed by atoms with Crippen molar-refractivity contribution in [2.75, 3.05) is 6.61 Å². The van der Waals surface area contributed by atoms with Gasteiger partial charge < -0.3 is 10.2 Å². The molecule has 0 spiro atoms. The highest BCUT2D eigenvalue weighted by Gasteiger charge is 2.08. The zero-order chi connectivity index (χ0) is 13.0. The molecular weight excluding hydrogens is 228 g/mol. The minimum atomic E-state index is 0.110. The van der Waals surface area contributed by atoms with Gasteiger partial charge in [0.25, 0.3) is 0 Å². The van der Waals surface area contributed by atoms with Crippen molar-refractivity contribution in [2.24, 2.45) is 0 Å². The number of aryl methyl sites for hydroxylation is 1. The van der Waals surface area contributed by atoms with Crippen molar-refractivity contribution in [1.82, 2.24) is 9.78 Å². The fraction of sp³-hybridized carbons (Fsp3) is 0.357. The summed E-state index contributed by atoms with van der Waals surface area (Å²) in [6.45, 7) is 3.08. The van der Waals surface area contributed by atoms with Crippen molar-refractivity contribution in [2.45, 2.75) is 26.3 Å². The fourth-order valence-corrected chi connectivity index (χ4v) is 1.95. The van der Waals surface area contributed by atoms with Crippen LogP contribution in [-0.4, -0.2) is 26.6 Å². The van der Waals surface area contributed by atoms with Gasteiger partial charge in [-0.15, -0.1) is 0 Å². The van der Waals surface area contributed by atoms with E-state index in [4.69, 9.17) is 5.11 Å². The Bertz CT molecular complexity index is 520. The first-order valence-corrected chi connectivity index (χ1v) is 6.20. The molecule has 0 fully saturated rings. The molecular formula is C14H18N2O2. The zero-order valence-corrected chi connectivity index (χ0v) is 10.5. The molecule has 0 aliphatic rings. The van der Waals surface area contributed by atoms with Gasteiger partial charge in [0.1, 0.15) is 5.75 Å². The topological polar surface area (TPSA) is 58.3 Å². The molecule has 2 N–H and O–H groups in total. The van der Waals surface area contributed by atoms with Crippen molar-refractivity contribution in [3.05, 3.63) is 36.2 Å². The Morgan fingerprint density at radius 3 is 2.89 bits per heavy atom. The molecule has 2 rings (SSSR count). The van der Waals surface area contributed by atoms with Crippen LogP contribution in [-0.2, 0) is 13.0 Å². The smallest absolute Gasteiger partial charge is 0.123 e. The predicted octanol–water partition coefficient (Wildman–Crippen LogP) is 2.20. The number of aromatic hydroxyl groups is 1. The minimum absolute atomic E-state index is 0.110. The van der Waals surface area contributed by atoms with Gasteiger partial charge in [0.15, 0.2) is 0 Å². The Morgan fingerprint density at radius 1 is 1.33 bits per heavy atom. The number of rotatable bonds is 5. The largest absolute Gasteiger partial charge is 0.507 e. The van der Waals surface area contributed by atoms with E-state index in [1.165, 1.54) is 0 Å². The van der Waals surface area contributed by atoms with Crippen molar-refractivity contribution in [3.8, 4) is 16.9 Å². The molecule has 1 heterocycles. The molecule has 4 nitrogen and oxygen atoms in total. The summed E-state index contributed by atoms with van der Waals surface area (Å²) in [6, 6.07) is 5.39. The van der Waals surface area contributed by atoms with Crippen LogP contribution >= 0.6 is 0 Å². The van der Waals surface area contributed by atoms with Crippen LogP contribution in [0.25, 0.3) is 11.1 Å². The Labute approximate surface area is 107 Å². The molecule has 0 atom stereocenters. The number of benzene rings is 1. The Kier molecular flexibility index (Phi) is 3.99. The number of aliphatic hydroxyl groups is 1. The van der Waals surface area contributed by atoms with Crippen molar-refractivity contribution < 1.29 is 10.2 Å². The van der Waals surface area contributed by atoms with Gasteiger partial charge in [0.05, 0.1) is 6.20 Å². The lowest BCUT2D eigenvalue weighted by Crippen LogP contribution is -1.95. The molecule has 0 amide bonds. The number of aromatic nitrogens is 2. The van der Waals surface area contributed by atoms with Crippen LogP contribution in [0.1, 0.15) is 18.9 Å². The number of phenolic OH excluding ortho intramolecular Hbond substituents is 1. The molecule has 1 aromatic heterocycles. The van der Waals surface area contributed by atoms with Gasteiger partial charge in [-0.05, 0) is 30.5 Å². The molecule has 0 saturated carbocycles. The first-order chi connectivity index (χ1) is 8.74. The van der Waals surface area contributed by atoms with E-state index >= 15 is 0 Å². The highest BCUT2D eigenvalue weighted by molar-refractivity contribution is 5.69. The van der Waals surface area contributed by atoms with Gasteiger partial charge in [0.2, 0.25) is 0 Å². The van der Waals surface area contributed by atoms with Crippen LogP contribution in [0.5, 0.6) is 5.75 Å². The van der Waals surface area contributed by atoms with Crippen LogP contribution < -0.4 is 0 Å². The number of hydrogen-bond acceptors (Lipinski definition) is 3. The summed E-state index contributed by atoms with van der Waals surface area (Å²) in [5, 5.41) is 23.1. The third-order valence-electron chi connectivity index (χ3n) is 2.86. The predicted molar refractivity (Wildman–Crippen MR) is 70.4 cm³/mol. The van der Waals surface area contributed by atoms with Crippen molar-refractivity contribution in [3.63, 3.8) is 0 Å². The third kappa shape index (κ3) is 2.71. The molecule has 0 saturated heterocycles. The monoisotopic (exact) mass is 246 g/mol. The molecule has 18 heavy (non-hydrogen) atoms. The van der Waals surface area contributed by atoms with E-state index in [1.54, 1.807) is 12.3 Å². The third-order valence-corrected chi connectivity index (χ3v) is 2.86. The van der Waals surface area contributed by atoms with Gasteiger partial charge in [-0.2, -0.15) is 5.10 Å². The Morgan fingerprint density at radius 2 is 2.17 bits per heavy atom. The molecule has 2 aromatic rings. The highest BCUT2D eigenvalue weighted by atomic mass is 16.3.